The van der Waals surface area contributed by atoms with Crippen LogP contribution in [0.1, 0.15) is 48.0 Å². The summed E-state index contributed by atoms with van der Waals surface area (Å²) in [7, 11) is 0. The van der Waals surface area contributed by atoms with Crippen molar-refractivity contribution < 1.29 is 9.59 Å². The van der Waals surface area contributed by atoms with E-state index >= 15 is 0 Å². The summed E-state index contributed by atoms with van der Waals surface area (Å²) in [5.74, 6) is 0.219. The summed E-state index contributed by atoms with van der Waals surface area (Å²) in [6.45, 7) is 11.0. The third kappa shape index (κ3) is 7.29. The Hall–Kier alpha value is -2.90. The monoisotopic (exact) mass is 477 g/mol. The number of hydrogen-bond donors (Lipinski definition) is 2. The van der Waals surface area contributed by atoms with Crippen LogP contribution in [0.25, 0.3) is 0 Å². The first-order valence-electron chi connectivity index (χ1n) is 13.1. The molecule has 2 fully saturated rings. The van der Waals surface area contributed by atoms with Gasteiger partial charge < -0.3 is 25.3 Å². The number of para-hydroxylation sites is 1. The van der Waals surface area contributed by atoms with Gasteiger partial charge in [0.05, 0.1) is 0 Å². The highest BCUT2D eigenvalue weighted by Crippen LogP contribution is 2.28. The average molecular weight is 478 g/mol. The van der Waals surface area contributed by atoms with Crippen LogP contribution >= 0.6 is 0 Å². The van der Waals surface area contributed by atoms with Gasteiger partial charge in [0.1, 0.15) is 0 Å². The number of carbonyl (C=O) groups is 2. The fourth-order valence-electron chi connectivity index (χ4n) is 5.03. The van der Waals surface area contributed by atoms with Crippen molar-refractivity contribution in [2.75, 3.05) is 64.2 Å². The Kier molecular flexibility index (Phi) is 9.15. The number of likely N-dealkylation sites (tertiary alicyclic amines) is 1. The maximum atomic E-state index is 12.8. The second-order valence-electron chi connectivity index (χ2n) is 9.59. The summed E-state index contributed by atoms with van der Waals surface area (Å²) in [5.41, 5.74) is 2.63. The Balaban J connectivity index is 1.24. The number of piperazine rings is 1. The highest BCUT2D eigenvalue weighted by Gasteiger charge is 2.25. The van der Waals surface area contributed by atoms with Crippen LogP contribution in [0.15, 0.2) is 54.6 Å². The predicted molar refractivity (Wildman–Crippen MR) is 141 cm³/mol. The fourth-order valence-corrected chi connectivity index (χ4v) is 5.03. The number of nitrogens with zero attached hydrogens (tertiary/aromatic N) is 3. The highest BCUT2D eigenvalue weighted by atomic mass is 16.2. The van der Waals surface area contributed by atoms with Crippen LogP contribution in [-0.2, 0) is 0 Å². The maximum absolute atomic E-state index is 12.8. The molecule has 0 saturated carbocycles. The summed E-state index contributed by atoms with van der Waals surface area (Å²) in [6, 6.07) is 17.4. The van der Waals surface area contributed by atoms with Crippen molar-refractivity contribution in [1.82, 2.24) is 20.0 Å². The molecule has 0 aromatic heterocycles. The molecule has 2 aromatic carbocycles. The van der Waals surface area contributed by atoms with Crippen LogP contribution in [0.2, 0.25) is 0 Å². The summed E-state index contributed by atoms with van der Waals surface area (Å²) in [4.78, 5) is 32.4. The minimum Gasteiger partial charge on any atom is -0.352 e. The zero-order valence-electron chi connectivity index (χ0n) is 20.9. The van der Waals surface area contributed by atoms with Gasteiger partial charge >= 0.3 is 6.03 Å². The largest absolute Gasteiger partial charge is 0.352 e. The van der Waals surface area contributed by atoms with Gasteiger partial charge in [-0.3, -0.25) is 4.79 Å². The summed E-state index contributed by atoms with van der Waals surface area (Å²) >= 11 is 0. The second kappa shape index (κ2) is 12.7. The standard InChI is InChI=1S/C28H39N5O2/c1-2-31-17-19-32(20-18-31)15-8-14-29-27(34)24-10-6-9-23(21-24)25-11-7-16-33(22-25)28(35)30-26-12-4-3-5-13-26/h3-6,9-10,12-13,21,25H,2,7-8,11,14-20,22H2,1H3,(H,29,34)(H,30,35). The zero-order valence-corrected chi connectivity index (χ0v) is 20.9. The van der Waals surface area contributed by atoms with E-state index in [9.17, 15) is 9.59 Å². The van der Waals surface area contributed by atoms with Gasteiger partial charge in [-0.15, -0.1) is 0 Å². The number of anilines is 1. The van der Waals surface area contributed by atoms with Crippen molar-refractivity contribution >= 4 is 17.6 Å². The molecule has 0 spiro atoms. The van der Waals surface area contributed by atoms with E-state index in [4.69, 9.17) is 0 Å². The molecule has 7 heteroatoms. The molecule has 35 heavy (non-hydrogen) atoms. The highest BCUT2D eigenvalue weighted by molar-refractivity contribution is 5.94. The number of benzene rings is 2. The van der Waals surface area contributed by atoms with Crippen LogP contribution in [0.4, 0.5) is 10.5 Å². The molecule has 0 radical (unpaired) electrons. The molecule has 1 unspecified atom stereocenters. The van der Waals surface area contributed by atoms with E-state index in [-0.39, 0.29) is 17.9 Å². The van der Waals surface area contributed by atoms with Gasteiger partial charge in [0.25, 0.3) is 5.91 Å². The molecule has 2 aliphatic heterocycles. The number of urea groups is 1. The summed E-state index contributed by atoms with van der Waals surface area (Å²) in [6.07, 6.45) is 2.94. The lowest BCUT2D eigenvalue weighted by Gasteiger charge is -2.34. The van der Waals surface area contributed by atoms with Crippen LogP contribution in [0, 0.1) is 0 Å². The molecule has 2 heterocycles. The second-order valence-corrected chi connectivity index (χ2v) is 9.59. The van der Waals surface area contributed by atoms with Gasteiger partial charge in [-0.25, -0.2) is 4.79 Å². The Morgan fingerprint density at radius 2 is 1.71 bits per heavy atom. The van der Waals surface area contributed by atoms with Crippen LogP contribution in [0.5, 0.6) is 0 Å². The minimum atomic E-state index is -0.0640. The third-order valence-corrected chi connectivity index (χ3v) is 7.20. The normalized spacial score (nSPS) is 19.3. The SMILES string of the molecule is CCN1CCN(CCCNC(=O)c2cccc(C3CCCN(C(=O)Nc4ccccc4)C3)c2)CC1. The Labute approximate surface area is 209 Å². The van der Waals surface area contributed by atoms with Gasteiger partial charge in [-0.1, -0.05) is 37.3 Å². The Morgan fingerprint density at radius 1 is 0.943 bits per heavy atom. The van der Waals surface area contributed by atoms with E-state index in [2.05, 4.69) is 33.4 Å². The first-order valence-corrected chi connectivity index (χ1v) is 13.1. The molecule has 2 aliphatic rings. The van der Waals surface area contributed by atoms with Crippen molar-refractivity contribution in [2.24, 2.45) is 0 Å². The smallest absolute Gasteiger partial charge is 0.321 e. The van der Waals surface area contributed by atoms with E-state index in [0.717, 1.165) is 76.3 Å². The number of hydrogen-bond acceptors (Lipinski definition) is 4. The average Bonchev–Trinajstić information content (AvgIpc) is 2.92. The topological polar surface area (TPSA) is 67.9 Å². The molecule has 2 saturated heterocycles. The molecular formula is C28H39N5O2. The number of carbonyl (C=O) groups excluding carboxylic acids is 2. The van der Waals surface area contributed by atoms with Crippen LogP contribution in [-0.4, -0.2) is 85.5 Å². The molecule has 3 amide bonds. The lowest BCUT2D eigenvalue weighted by molar-refractivity contribution is 0.0948. The molecule has 0 aliphatic carbocycles. The van der Waals surface area contributed by atoms with E-state index in [1.807, 2.05) is 53.4 Å². The lowest BCUT2D eigenvalue weighted by atomic mass is 9.89. The molecular weight excluding hydrogens is 438 g/mol. The van der Waals surface area contributed by atoms with E-state index in [1.165, 1.54) is 0 Å². The van der Waals surface area contributed by atoms with Crippen LogP contribution < -0.4 is 10.6 Å². The van der Waals surface area contributed by atoms with E-state index in [1.54, 1.807) is 0 Å². The molecule has 4 rings (SSSR count). The molecule has 188 valence electrons. The van der Waals surface area contributed by atoms with Crippen molar-refractivity contribution in [3.63, 3.8) is 0 Å². The Bertz CT molecular complexity index is 959. The van der Waals surface area contributed by atoms with Crippen LogP contribution in [0.3, 0.4) is 0 Å². The molecule has 7 nitrogen and oxygen atoms in total. The first-order chi connectivity index (χ1) is 17.1. The fraction of sp³-hybridized carbons (Fsp3) is 0.500. The van der Waals surface area contributed by atoms with Gasteiger partial charge in [-0.2, -0.15) is 0 Å². The Morgan fingerprint density at radius 3 is 2.49 bits per heavy atom. The quantitative estimate of drug-likeness (QED) is 0.567. The van der Waals surface area contributed by atoms with Gasteiger partial charge in [0, 0.05) is 63.0 Å². The number of amides is 3. The van der Waals surface area contributed by atoms with Gasteiger partial charge in [0.2, 0.25) is 0 Å². The lowest BCUT2D eigenvalue weighted by Crippen LogP contribution is -2.46. The molecule has 2 aromatic rings. The van der Waals surface area contributed by atoms with Crippen molar-refractivity contribution in [3.8, 4) is 0 Å². The van der Waals surface area contributed by atoms with E-state index in [0.29, 0.717) is 18.7 Å². The third-order valence-electron chi connectivity index (χ3n) is 7.20. The maximum Gasteiger partial charge on any atom is 0.321 e. The first kappa shape index (κ1) is 25.2. The summed E-state index contributed by atoms with van der Waals surface area (Å²) in [5, 5.41) is 6.08. The molecule has 1 atom stereocenters. The molecule has 0 bridgehead atoms. The summed E-state index contributed by atoms with van der Waals surface area (Å²) < 4.78 is 0. The predicted octanol–water partition coefficient (Wildman–Crippen LogP) is 3.86. The van der Waals surface area contributed by atoms with E-state index < -0.39 is 0 Å². The number of likely N-dealkylation sites (N-methyl/N-ethyl adjacent to an activating group) is 1. The number of rotatable bonds is 8. The van der Waals surface area contributed by atoms with Gasteiger partial charge in [-0.05, 0) is 62.2 Å². The zero-order chi connectivity index (χ0) is 24.5. The number of piperidine rings is 1. The van der Waals surface area contributed by atoms with Crippen molar-refractivity contribution in [1.29, 1.82) is 0 Å². The number of nitrogens with one attached hydrogen (secondary N) is 2. The minimum absolute atomic E-state index is 0.0165. The van der Waals surface area contributed by atoms with Gasteiger partial charge in [0.15, 0.2) is 0 Å². The van der Waals surface area contributed by atoms with Crippen molar-refractivity contribution in [2.45, 2.75) is 32.1 Å². The van der Waals surface area contributed by atoms with Crippen molar-refractivity contribution in [3.05, 3.63) is 65.7 Å². The molecule has 2 N–H and O–H groups in total.